The number of rotatable bonds is 10. The normalized spacial score (nSPS) is 11.3. The summed E-state index contributed by atoms with van der Waals surface area (Å²) in [7, 11) is 0. The summed E-state index contributed by atoms with van der Waals surface area (Å²) in [5, 5.41) is 2.95. The van der Waals surface area contributed by atoms with Gasteiger partial charge in [0.2, 0.25) is 0 Å². The fourth-order valence-electron chi connectivity index (χ4n) is 2.98. The van der Waals surface area contributed by atoms with E-state index < -0.39 is 0 Å². The van der Waals surface area contributed by atoms with Crippen molar-refractivity contribution in [1.29, 1.82) is 0 Å². The lowest BCUT2D eigenvalue weighted by Crippen LogP contribution is -3.11. The minimum atomic E-state index is 0.782. The number of ether oxygens (including phenoxy) is 1. The van der Waals surface area contributed by atoms with Crippen molar-refractivity contribution in [1.82, 2.24) is 0 Å². The van der Waals surface area contributed by atoms with E-state index in [4.69, 9.17) is 16.3 Å². The Bertz CT molecular complexity index is 595. The van der Waals surface area contributed by atoms with E-state index in [1.54, 1.807) is 4.90 Å². The molecule has 2 aromatic rings. The van der Waals surface area contributed by atoms with Gasteiger partial charge >= 0.3 is 0 Å². The summed E-state index contributed by atoms with van der Waals surface area (Å²) in [5.74, 6) is 0.942. The Morgan fingerprint density at radius 3 is 2.30 bits per heavy atom. The molecule has 0 atom stereocenters. The minimum absolute atomic E-state index is 0.782. The van der Waals surface area contributed by atoms with E-state index >= 15 is 0 Å². The third-order valence-electron chi connectivity index (χ3n) is 4.51. The third-order valence-corrected chi connectivity index (χ3v) is 4.84. The summed E-state index contributed by atoms with van der Waals surface area (Å²) in [6.07, 6.45) is 4.98. The maximum atomic E-state index is 6.24. The molecule has 0 heterocycles. The Morgan fingerprint density at radius 2 is 1.57 bits per heavy atom. The van der Waals surface area contributed by atoms with E-state index in [0.29, 0.717) is 0 Å². The first-order valence-electron chi connectivity index (χ1n) is 8.89. The number of quaternary nitrogens is 1. The minimum Gasteiger partial charge on any atom is -0.493 e. The standard InChI is InChI=1S/C20H28ClNO/c1-3-22(4-2)15-9-5-6-10-16-23-20-14-13-19(21)17-11-7-8-12-18(17)20/h7-8,11-14H,3-6,9-10,15-16H2,1-2H3/p+1. The van der Waals surface area contributed by atoms with Crippen molar-refractivity contribution in [3.05, 3.63) is 41.4 Å². The Kier molecular flexibility index (Phi) is 7.70. The van der Waals surface area contributed by atoms with Crippen molar-refractivity contribution >= 4 is 22.4 Å². The predicted octanol–water partition coefficient (Wildman–Crippen LogP) is 4.36. The molecule has 2 rings (SSSR count). The molecule has 0 aromatic heterocycles. The number of hydrogen-bond donors (Lipinski definition) is 1. The highest BCUT2D eigenvalue weighted by molar-refractivity contribution is 6.35. The molecule has 0 aliphatic carbocycles. The summed E-state index contributed by atoms with van der Waals surface area (Å²) < 4.78 is 5.98. The number of nitrogens with one attached hydrogen (secondary N) is 1. The largest absolute Gasteiger partial charge is 0.493 e. The van der Waals surface area contributed by atoms with Crippen LogP contribution in [0.4, 0.5) is 0 Å². The average molecular weight is 335 g/mol. The van der Waals surface area contributed by atoms with Gasteiger partial charge in [-0.2, -0.15) is 0 Å². The number of fused-ring (bicyclic) bond motifs is 1. The summed E-state index contributed by atoms with van der Waals surface area (Å²) in [6.45, 7) is 9.10. The second-order valence-corrected chi connectivity index (χ2v) is 6.47. The van der Waals surface area contributed by atoms with Crippen LogP contribution < -0.4 is 9.64 Å². The molecule has 0 saturated heterocycles. The van der Waals surface area contributed by atoms with Gasteiger partial charge < -0.3 is 9.64 Å². The number of unbranched alkanes of at least 4 members (excludes halogenated alkanes) is 3. The highest BCUT2D eigenvalue weighted by Crippen LogP contribution is 2.31. The second kappa shape index (κ2) is 9.79. The highest BCUT2D eigenvalue weighted by Gasteiger charge is 2.05. The van der Waals surface area contributed by atoms with Gasteiger partial charge in [0.25, 0.3) is 0 Å². The van der Waals surface area contributed by atoms with Gasteiger partial charge in [-0.25, -0.2) is 0 Å². The van der Waals surface area contributed by atoms with Crippen molar-refractivity contribution in [2.24, 2.45) is 0 Å². The van der Waals surface area contributed by atoms with Crippen LogP contribution in [0.25, 0.3) is 10.8 Å². The van der Waals surface area contributed by atoms with Gasteiger partial charge in [-0.3, -0.25) is 0 Å². The smallest absolute Gasteiger partial charge is 0.127 e. The van der Waals surface area contributed by atoms with Gasteiger partial charge in [0.15, 0.2) is 0 Å². The fourth-order valence-corrected chi connectivity index (χ4v) is 3.20. The molecule has 0 amide bonds. The van der Waals surface area contributed by atoms with E-state index in [-0.39, 0.29) is 0 Å². The number of hydrogen-bond acceptors (Lipinski definition) is 1. The molecule has 0 bridgehead atoms. The molecule has 0 spiro atoms. The SMILES string of the molecule is CC[NH+](CC)CCCCCCOc1ccc(Cl)c2ccccc12. The van der Waals surface area contributed by atoms with E-state index in [1.807, 2.05) is 30.3 Å². The molecule has 3 heteroatoms. The van der Waals surface area contributed by atoms with Gasteiger partial charge in [-0.05, 0) is 51.7 Å². The molecule has 0 saturated carbocycles. The first-order valence-corrected chi connectivity index (χ1v) is 9.27. The molecular formula is C20H29ClNO+. The molecule has 126 valence electrons. The van der Waals surface area contributed by atoms with Gasteiger partial charge in [0.05, 0.1) is 26.2 Å². The molecule has 0 radical (unpaired) electrons. The van der Waals surface area contributed by atoms with Crippen LogP contribution in [0.5, 0.6) is 5.75 Å². The average Bonchev–Trinajstić information content (AvgIpc) is 2.59. The zero-order valence-corrected chi connectivity index (χ0v) is 15.2. The Morgan fingerprint density at radius 1 is 0.870 bits per heavy atom. The zero-order chi connectivity index (χ0) is 16.5. The monoisotopic (exact) mass is 334 g/mol. The van der Waals surface area contributed by atoms with Crippen molar-refractivity contribution in [2.75, 3.05) is 26.2 Å². The summed E-state index contributed by atoms with van der Waals surface area (Å²) in [5.41, 5.74) is 0. The fraction of sp³-hybridized carbons (Fsp3) is 0.500. The maximum Gasteiger partial charge on any atom is 0.127 e. The molecule has 0 fully saturated rings. The molecular weight excluding hydrogens is 306 g/mol. The van der Waals surface area contributed by atoms with E-state index in [0.717, 1.165) is 34.6 Å². The highest BCUT2D eigenvalue weighted by atomic mass is 35.5. The van der Waals surface area contributed by atoms with Gasteiger partial charge in [-0.1, -0.05) is 35.9 Å². The van der Waals surface area contributed by atoms with Gasteiger partial charge in [0.1, 0.15) is 5.75 Å². The number of benzene rings is 2. The molecule has 2 nitrogen and oxygen atoms in total. The Hall–Kier alpha value is -1.25. The molecule has 2 aromatic carbocycles. The van der Waals surface area contributed by atoms with Crippen LogP contribution in [0.3, 0.4) is 0 Å². The van der Waals surface area contributed by atoms with Crippen LogP contribution in [-0.2, 0) is 0 Å². The summed E-state index contributed by atoms with van der Waals surface area (Å²) in [6, 6.07) is 12.1. The first kappa shape index (κ1) is 18.1. The Balaban J connectivity index is 1.72. The lowest BCUT2D eigenvalue weighted by atomic mass is 10.1. The van der Waals surface area contributed by atoms with Gasteiger partial charge in [-0.15, -0.1) is 0 Å². The topological polar surface area (TPSA) is 13.7 Å². The quantitative estimate of drug-likeness (QED) is 0.637. The second-order valence-electron chi connectivity index (χ2n) is 6.06. The molecule has 23 heavy (non-hydrogen) atoms. The third kappa shape index (κ3) is 5.40. The summed E-state index contributed by atoms with van der Waals surface area (Å²) in [4.78, 5) is 1.70. The van der Waals surface area contributed by atoms with Crippen molar-refractivity contribution in [3.8, 4) is 5.75 Å². The van der Waals surface area contributed by atoms with E-state index in [9.17, 15) is 0 Å². The van der Waals surface area contributed by atoms with Gasteiger partial charge in [0, 0.05) is 15.8 Å². The molecule has 1 N–H and O–H groups in total. The predicted molar refractivity (Wildman–Crippen MR) is 99.8 cm³/mol. The summed E-state index contributed by atoms with van der Waals surface area (Å²) >= 11 is 6.24. The van der Waals surface area contributed by atoms with Crippen molar-refractivity contribution in [2.45, 2.75) is 39.5 Å². The lowest BCUT2D eigenvalue weighted by molar-refractivity contribution is -0.896. The van der Waals surface area contributed by atoms with Crippen LogP contribution >= 0.6 is 11.6 Å². The van der Waals surface area contributed by atoms with Crippen molar-refractivity contribution < 1.29 is 9.64 Å². The van der Waals surface area contributed by atoms with E-state index in [2.05, 4.69) is 19.9 Å². The van der Waals surface area contributed by atoms with E-state index in [1.165, 1.54) is 38.9 Å². The maximum absolute atomic E-state index is 6.24. The van der Waals surface area contributed by atoms with Crippen LogP contribution in [-0.4, -0.2) is 26.2 Å². The van der Waals surface area contributed by atoms with Crippen molar-refractivity contribution in [3.63, 3.8) is 0 Å². The van der Waals surface area contributed by atoms with Crippen LogP contribution in [0.1, 0.15) is 39.5 Å². The number of halogens is 1. The van der Waals surface area contributed by atoms with Crippen LogP contribution in [0.15, 0.2) is 36.4 Å². The molecule has 0 unspecified atom stereocenters. The first-order chi connectivity index (χ1) is 11.3. The molecule has 0 aliphatic rings. The Labute approximate surface area is 145 Å². The zero-order valence-electron chi connectivity index (χ0n) is 14.4. The molecule has 0 aliphatic heterocycles. The lowest BCUT2D eigenvalue weighted by Gasteiger charge is -2.15. The van der Waals surface area contributed by atoms with Crippen LogP contribution in [0.2, 0.25) is 5.02 Å². The van der Waals surface area contributed by atoms with Crippen LogP contribution in [0, 0.1) is 0 Å².